The van der Waals surface area contributed by atoms with Crippen molar-refractivity contribution in [2.45, 2.75) is 47.0 Å². The van der Waals surface area contributed by atoms with E-state index in [9.17, 15) is 4.79 Å². The molecule has 15 heavy (non-hydrogen) atoms. The van der Waals surface area contributed by atoms with Crippen LogP contribution in [0.25, 0.3) is 0 Å². The van der Waals surface area contributed by atoms with Crippen molar-refractivity contribution in [2.75, 3.05) is 0 Å². The molecule has 0 aliphatic heterocycles. The molecular weight excluding hydrogens is 208 g/mol. The molecule has 0 fully saturated rings. The van der Waals surface area contributed by atoms with Gasteiger partial charge in [-0.3, -0.25) is 4.79 Å². The molecule has 0 saturated carbocycles. The van der Waals surface area contributed by atoms with Crippen molar-refractivity contribution in [2.24, 2.45) is 5.92 Å². The van der Waals surface area contributed by atoms with Gasteiger partial charge in [0.1, 0.15) is 0 Å². The molecule has 0 N–H and O–H groups in total. The van der Waals surface area contributed by atoms with E-state index in [2.05, 4.69) is 19.9 Å². The lowest BCUT2D eigenvalue weighted by Gasteiger charge is -2.05. The van der Waals surface area contributed by atoms with Gasteiger partial charge in [0.15, 0.2) is 0 Å². The maximum Gasteiger partial charge on any atom is 0.248 e. The van der Waals surface area contributed by atoms with E-state index in [1.54, 1.807) is 6.92 Å². The number of carbonyl (C=O) groups excluding carboxylic acids is 1. The van der Waals surface area contributed by atoms with Crippen LogP contribution in [0.15, 0.2) is 23.3 Å². The van der Waals surface area contributed by atoms with Crippen LogP contribution >= 0.6 is 11.6 Å². The number of rotatable bonds is 6. The quantitative estimate of drug-likeness (QED) is 0.372. The van der Waals surface area contributed by atoms with Gasteiger partial charge in [-0.1, -0.05) is 44.4 Å². The summed E-state index contributed by atoms with van der Waals surface area (Å²) in [6, 6.07) is 0. The zero-order valence-electron chi connectivity index (χ0n) is 10.1. The Kier molecular flexibility index (Phi) is 7.41. The van der Waals surface area contributed by atoms with Crippen molar-refractivity contribution in [1.82, 2.24) is 0 Å². The molecule has 0 aromatic heterocycles. The molecule has 0 spiro atoms. The van der Waals surface area contributed by atoms with Crippen LogP contribution in [0.3, 0.4) is 0 Å². The summed E-state index contributed by atoms with van der Waals surface area (Å²) in [6.07, 6.45) is 7.72. The van der Waals surface area contributed by atoms with E-state index in [0.29, 0.717) is 11.5 Å². The molecule has 0 aliphatic carbocycles. The number of halogens is 1. The Morgan fingerprint density at radius 2 is 2.00 bits per heavy atom. The van der Waals surface area contributed by atoms with Gasteiger partial charge in [0, 0.05) is 5.57 Å². The van der Waals surface area contributed by atoms with Gasteiger partial charge in [0.2, 0.25) is 5.24 Å². The molecular formula is C13H21ClO. The predicted molar refractivity (Wildman–Crippen MR) is 67.1 cm³/mol. The van der Waals surface area contributed by atoms with E-state index in [4.69, 9.17) is 11.6 Å². The van der Waals surface area contributed by atoms with Gasteiger partial charge in [-0.05, 0) is 37.8 Å². The summed E-state index contributed by atoms with van der Waals surface area (Å²) in [5.74, 6) is 0.569. The van der Waals surface area contributed by atoms with E-state index >= 15 is 0 Å². The Bertz CT molecular complexity index is 264. The third-order valence-electron chi connectivity index (χ3n) is 2.31. The topological polar surface area (TPSA) is 17.1 Å². The standard InChI is InChI=1S/C13H21ClO/c1-5-6-7-10(2)8-11(3)9-12(4)13(14)15/h8-10H,5-7H2,1-4H3/b11-8+,12-9+. The first-order valence-corrected chi connectivity index (χ1v) is 5.91. The second-order valence-corrected chi connectivity index (χ2v) is 4.47. The van der Waals surface area contributed by atoms with Crippen LogP contribution in [-0.4, -0.2) is 5.24 Å². The minimum Gasteiger partial charge on any atom is -0.276 e. The first kappa shape index (κ1) is 14.4. The van der Waals surface area contributed by atoms with Crippen molar-refractivity contribution in [3.05, 3.63) is 23.3 Å². The zero-order valence-corrected chi connectivity index (χ0v) is 10.9. The highest BCUT2D eigenvalue weighted by molar-refractivity contribution is 6.67. The zero-order chi connectivity index (χ0) is 11.8. The third-order valence-corrected chi connectivity index (χ3v) is 2.61. The number of hydrogen-bond acceptors (Lipinski definition) is 1. The van der Waals surface area contributed by atoms with Crippen LogP contribution in [0, 0.1) is 5.92 Å². The van der Waals surface area contributed by atoms with Crippen LogP contribution < -0.4 is 0 Å². The minimum atomic E-state index is -0.371. The second-order valence-electron chi connectivity index (χ2n) is 4.13. The van der Waals surface area contributed by atoms with Gasteiger partial charge in [-0.25, -0.2) is 0 Å². The largest absolute Gasteiger partial charge is 0.276 e. The van der Waals surface area contributed by atoms with Gasteiger partial charge in [0.05, 0.1) is 0 Å². The maximum atomic E-state index is 10.8. The molecule has 1 atom stereocenters. The number of hydrogen-bond donors (Lipinski definition) is 0. The summed E-state index contributed by atoms with van der Waals surface area (Å²) < 4.78 is 0. The van der Waals surface area contributed by atoms with Crippen molar-refractivity contribution in [1.29, 1.82) is 0 Å². The average molecular weight is 229 g/mol. The van der Waals surface area contributed by atoms with Crippen LogP contribution in [0.2, 0.25) is 0 Å². The molecule has 0 aliphatic rings. The average Bonchev–Trinajstić information content (AvgIpc) is 2.14. The lowest BCUT2D eigenvalue weighted by atomic mass is 10.0. The predicted octanol–water partition coefficient (Wildman–Crippen LogP) is 4.47. The van der Waals surface area contributed by atoms with Crippen LogP contribution in [-0.2, 0) is 4.79 Å². The van der Waals surface area contributed by atoms with E-state index in [-0.39, 0.29) is 5.24 Å². The summed E-state index contributed by atoms with van der Waals surface area (Å²) in [4.78, 5) is 10.8. The molecule has 0 heterocycles. The summed E-state index contributed by atoms with van der Waals surface area (Å²) in [5.41, 5.74) is 1.72. The molecule has 86 valence electrons. The lowest BCUT2D eigenvalue weighted by Crippen LogP contribution is -1.92. The van der Waals surface area contributed by atoms with E-state index in [1.807, 2.05) is 13.0 Å². The number of allylic oxidation sites excluding steroid dienone is 4. The van der Waals surface area contributed by atoms with Crippen LogP contribution in [0.4, 0.5) is 0 Å². The van der Waals surface area contributed by atoms with Crippen molar-refractivity contribution < 1.29 is 4.79 Å². The Balaban J connectivity index is 4.30. The van der Waals surface area contributed by atoms with Gasteiger partial charge in [0.25, 0.3) is 0 Å². The Morgan fingerprint density at radius 3 is 2.47 bits per heavy atom. The molecule has 0 radical (unpaired) electrons. The van der Waals surface area contributed by atoms with E-state index in [1.165, 1.54) is 19.3 Å². The summed E-state index contributed by atoms with van der Waals surface area (Å²) >= 11 is 5.36. The maximum absolute atomic E-state index is 10.8. The summed E-state index contributed by atoms with van der Waals surface area (Å²) in [7, 11) is 0. The molecule has 0 aromatic rings. The fraction of sp³-hybridized carbons (Fsp3) is 0.615. The Labute approximate surface area is 98.2 Å². The molecule has 1 nitrogen and oxygen atoms in total. The van der Waals surface area contributed by atoms with Gasteiger partial charge in [-0.2, -0.15) is 0 Å². The second kappa shape index (κ2) is 7.70. The molecule has 2 heteroatoms. The fourth-order valence-corrected chi connectivity index (χ4v) is 1.56. The molecule has 0 rings (SSSR count). The highest BCUT2D eigenvalue weighted by Gasteiger charge is 2.00. The number of carbonyl (C=O) groups is 1. The van der Waals surface area contributed by atoms with Crippen LogP contribution in [0.1, 0.15) is 47.0 Å². The van der Waals surface area contributed by atoms with Crippen molar-refractivity contribution in [3.8, 4) is 0 Å². The first-order chi connectivity index (χ1) is 6.97. The monoisotopic (exact) mass is 228 g/mol. The van der Waals surface area contributed by atoms with E-state index in [0.717, 1.165) is 5.57 Å². The molecule has 0 aromatic carbocycles. The summed E-state index contributed by atoms with van der Waals surface area (Å²) in [6.45, 7) is 8.14. The Morgan fingerprint density at radius 1 is 1.40 bits per heavy atom. The minimum absolute atomic E-state index is 0.371. The third kappa shape index (κ3) is 7.38. The summed E-state index contributed by atoms with van der Waals surface area (Å²) in [5, 5.41) is -0.371. The SMILES string of the molecule is CCCCC(C)/C=C(C)/C=C(\C)C(=O)Cl. The van der Waals surface area contributed by atoms with Gasteiger partial charge < -0.3 is 0 Å². The Hall–Kier alpha value is -0.560. The van der Waals surface area contributed by atoms with Gasteiger partial charge in [-0.15, -0.1) is 0 Å². The van der Waals surface area contributed by atoms with Gasteiger partial charge >= 0.3 is 0 Å². The van der Waals surface area contributed by atoms with Crippen LogP contribution in [0.5, 0.6) is 0 Å². The smallest absolute Gasteiger partial charge is 0.248 e. The fourth-order valence-electron chi connectivity index (χ4n) is 1.50. The highest BCUT2D eigenvalue weighted by atomic mass is 35.5. The molecule has 0 saturated heterocycles. The molecule has 1 unspecified atom stereocenters. The molecule has 0 bridgehead atoms. The number of unbranched alkanes of at least 4 members (excludes halogenated alkanes) is 1. The highest BCUT2D eigenvalue weighted by Crippen LogP contribution is 2.13. The molecule has 0 amide bonds. The normalized spacial score (nSPS) is 15.3. The van der Waals surface area contributed by atoms with Crippen molar-refractivity contribution >= 4 is 16.8 Å². The van der Waals surface area contributed by atoms with E-state index < -0.39 is 0 Å². The van der Waals surface area contributed by atoms with Crippen molar-refractivity contribution in [3.63, 3.8) is 0 Å². The lowest BCUT2D eigenvalue weighted by molar-refractivity contribution is -0.108. The first-order valence-electron chi connectivity index (χ1n) is 5.54.